The molecule has 2 saturated carbocycles. The summed E-state index contributed by atoms with van der Waals surface area (Å²) in [5.74, 6) is 0. The van der Waals surface area contributed by atoms with E-state index < -0.39 is 0 Å². The Labute approximate surface area is 113 Å². The second kappa shape index (κ2) is 8.92. The largest absolute Gasteiger partial charge is 0.373 e. The van der Waals surface area contributed by atoms with Crippen molar-refractivity contribution in [3.63, 3.8) is 0 Å². The molecule has 2 heterocycles. The zero-order valence-corrected chi connectivity index (χ0v) is 11.3. The highest BCUT2D eigenvalue weighted by atomic mass is 16.6. The van der Waals surface area contributed by atoms with E-state index in [0.29, 0.717) is 18.3 Å². The highest BCUT2D eigenvalue weighted by Crippen LogP contribution is 2.35. The zero-order chi connectivity index (χ0) is 11.9. The van der Waals surface area contributed by atoms with Gasteiger partial charge in [0.15, 0.2) is 0 Å². The van der Waals surface area contributed by atoms with Crippen LogP contribution in [0, 0.1) is 0 Å². The van der Waals surface area contributed by atoms with E-state index in [4.69, 9.17) is 9.47 Å². The Morgan fingerprint density at radius 1 is 0.722 bits per heavy atom. The van der Waals surface area contributed by atoms with E-state index in [9.17, 15) is 0 Å². The van der Waals surface area contributed by atoms with Crippen LogP contribution in [0.5, 0.6) is 0 Å². The molecule has 2 aliphatic carbocycles. The Morgan fingerprint density at radius 3 is 1.28 bits per heavy atom. The first-order valence-electron chi connectivity index (χ1n) is 7.63. The van der Waals surface area contributed by atoms with E-state index in [-0.39, 0.29) is 7.43 Å². The monoisotopic (exact) mass is 256 g/mol. The van der Waals surface area contributed by atoms with Crippen LogP contribution in [0.15, 0.2) is 0 Å². The second-order valence-electron chi connectivity index (χ2n) is 5.76. The smallest absolute Gasteiger partial charge is 0.0841 e. The van der Waals surface area contributed by atoms with Gasteiger partial charge >= 0.3 is 0 Å². The van der Waals surface area contributed by atoms with Gasteiger partial charge < -0.3 is 9.47 Å². The fourth-order valence-corrected chi connectivity index (χ4v) is 2.53. The lowest BCUT2D eigenvalue weighted by Crippen LogP contribution is -2.00. The molecule has 0 aromatic rings. The number of rotatable bonds is 0. The lowest BCUT2D eigenvalue weighted by molar-refractivity contribution is 0.373. The van der Waals surface area contributed by atoms with Gasteiger partial charge in [0.25, 0.3) is 0 Å². The van der Waals surface area contributed by atoms with Gasteiger partial charge in [0.1, 0.15) is 0 Å². The van der Waals surface area contributed by atoms with Crippen molar-refractivity contribution in [3.05, 3.63) is 0 Å². The van der Waals surface area contributed by atoms with Gasteiger partial charge in [0, 0.05) is 0 Å². The van der Waals surface area contributed by atoms with Crippen molar-refractivity contribution in [2.45, 2.75) is 96.9 Å². The van der Waals surface area contributed by atoms with Crippen molar-refractivity contribution < 1.29 is 9.47 Å². The fourth-order valence-electron chi connectivity index (χ4n) is 2.53. The van der Waals surface area contributed by atoms with Crippen LogP contribution in [0.2, 0.25) is 0 Å². The molecule has 0 N–H and O–H groups in total. The van der Waals surface area contributed by atoms with Crippen LogP contribution in [0.3, 0.4) is 0 Å². The number of hydrogen-bond donors (Lipinski definition) is 0. The van der Waals surface area contributed by atoms with Crippen molar-refractivity contribution in [2.75, 3.05) is 6.61 Å². The second-order valence-corrected chi connectivity index (χ2v) is 5.76. The molecule has 4 aliphatic rings. The summed E-state index contributed by atoms with van der Waals surface area (Å²) in [4.78, 5) is 0. The molecule has 3 unspecified atom stereocenters. The third kappa shape index (κ3) is 7.38. The molecule has 18 heavy (non-hydrogen) atoms. The average molecular weight is 256 g/mol. The van der Waals surface area contributed by atoms with Gasteiger partial charge in [-0.15, -0.1) is 0 Å². The molecule has 0 amide bonds. The molecule has 4 rings (SSSR count). The average Bonchev–Trinajstić information content (AvgIpc) is 3.28. The summed E-state index contributed by atoms with van der Waals surface area (Å²) >= 11 is 0. The van der Waals surface area contributed by atoms with Gasteiger partial charge in [0.2, 0.25) is 0 Å². The molecule has 0 spiro atoms. The standard InChI is InChI=1S/C6H10O.C6H12.C3H6O.CH4/c1-2-4-6-5(3-1)7-6;1-2-4-6-5-3-1;1-3-2-4-3;/h5-6H,1-4H2;1-6H2;3H,2H2,1H3;1H4. The fraction of sp³-hybridized carbons (Fsp3) is 1.00. The summed E-state index contributed by atoms with van der Waals surface area (Å²) in [6.45, 7) is 3.04. The van der Waals surface area contributed by atoms with E-state index >= 15 is 0 Å². The normalized spacial score (nSPS) is 35.5. The Morgan fingerprint density at radius 2 is 1.06 bits per heavy atom. The van der Waals surface area contributed by atoms with Gasteiger partial charge in [-0.2, -0.15) is 0 Å². The van der Waals surface area contributed by atoms with E-state index in [1.807, 2.05) is 0 Å². The third-order valence-corrected chi connectivity index (χ3v) is 3.91. The number of hydrogen-bond acceptors (Lipinski definition) is 2. The predicted molar refractivity (Wildman–Crippen MR) is 77.0 cm³/mol. The molecule has 4 fully saturated rings. The van der Waals surface area contributed by atoms with Crippen LogP contribution < -0.4 is 0 Å². The van der Waals surface area contributed by atoms with Crippen molar-refractivity contribution in [1.29, 1.82) is 0 Å². The van der Waals surface area contributed by atoms with E-state index in [0.717, 1.165) is 6.61 Å². The number of ether oxygens (including phenoxy) is 2. The molecule has 0 aromatic heterocycles. The maximum absolute atomic E-state index is 5.28. The Hall–Kier alpha value is -0.0800. The van der Waals surface area contributed by atoms with Gasteiger partial charge in [-0.25, -0.2) is 0 Å². The predicted octanol–water partition coefficient (Wildman–Crippen LogP) is 4.71. The summed E-state index contributed by atoms with van der Waals surface area (Å²) in [5, 5.41) is 0. The SMILES string of the molecule is C.C1CCC2OC2C1.C1CCCCC1.CC1CO1. The molecule has 2 aliphatic heterocycles. The van der Waals surface area contributed by atoms with Crippen LogP contribution in [0.25, 0.3) is 0 Å². The third-order valence-electron chi connectivity index (χ3n) is 3.91. The minimum atomic E-state index is 0. The number of epoxide rings is 2. The van der Waals surface area contributed by atoms with Crippen LogP contribution in [-0.2, 0) is 9.47 Å². The summed E-state index contributed by atoms with van der Waals surface area (Å²) in [7, 11) is 0. The summed E-state index contributed by atoms with van der Waals surface area (Å²) in [6.07, 6.45) is 16.5. The maximum atomic E-state index is 5.28. The quantitative estimate of drug-likeness (QED) is 0.586. The van der Waals surface area contributed by atoms with Crippen molar-refractivity contribution in [2.24, 2.45) is 0 Å². The zero-order valence-electron chi connectivity index (χ0n) is 11.3. The number of fused-ring (bicyclic) bond motifs is 1. The first-order valence-corrected chi connectivity index (χ1v) is 7.63. The topological polar surface area (TPSA) is 25.1 Å². The molecule has 0 aromatic carbocycles. The van der Waals surface area contributed by atoms with Crippen LogP contribution in [0.4, 0.5) is 0 Å². The van der Waals surface area contributed by atoms with Crippen LogP contribution in [0.1, 0.15) is 78.6 Å². The summed E-state index contributed by atoms with van der Waals surface area (Å²) in [5.41, 5.74) is 0. The van der Waals surface area contributed by atoms with Gasteiger partial charge in [0.05, 0.1) is 24.9 Å². The first-order chi connectivity index (χ1) is 8.36. The molecular weight excluding hydrogens is 224 g/mol. The van der Waals surface area contributed by atoms with E-state index in [1.165, 1.54) is 64.2 Å². The lowest BCUT2D eigenvalue weighted by Gasteiger charge is -2.05. The Kier molecular flexibility index (Phi) is 7.92. The van der Waals surface area contributed by atoms with E-state index in [1.54, 1.807) is 0 Å². The summed E-state index contributed by atoms with van der Waals surface area (Å²) < 4.78 is 9.99. The molecule has 0 radical (unpaired) electrons. The first kappa shape index (κ1) is 16.0. The van der Waals surface area contributed by atoms with Crippen molar-refractivity contribution in [1.82, 2.24) is 0 Å². The highest BCUT2D eigenvalue weighted by Gasteiger charge is 2.39. The molecule has 2 saturated heterocycles. The molecule has 0 bridgehead atoms. The summed E-state index contributed by atoms with van der Waals surface area (Å²) in [6, 6.07) is 0. The van der Waals surface area contributed by atoms with Crippen molar-refractivity contribution in [3.8, 4) is 0 Å². The minimum Gasteiger partial charge on any atom is -0.373 e. The van der Waals surface area contributed by atoms with Gasteiger partial charge in [-0.05, 0) is 19.8 Å². The Bertz CT molecular complexity index is 176. The minimum absolute atomic E-state index is 0. The molecule has 2 heteroatoms. The van der Waals surface area contributed by atoms with Gasteiger partial charge in [-0.3, -0.25) is 0 Å². The molecular formula is C16H32O2. The Balaban J connectivity index is 0.000000136. The maximum Gasteiger partial charge on any atom is 0.0841 e. The van der Waals surface area contributed by atoms with Crippen LogP contribution >= 0.6 is 0 Å². The lowest BCUT2D eigenvalue weighted by atomic mass is 10.0. The van der Waals surface area contributed by atoms with E-state index in [2.05, 4.69) is 6.92 Å². The molecule has 108 valence electrons. The molecule has 2 nitrogen and oxygen atoms in total. The molecule has 3 atom stereocenters. The van der Waals surface area contributed by atoms with Gasteiger partial charge in [-0.1, -0.05) is 58.8 Å². The highest BCUT2D eigenvalue weighted by molar-refractivity contribution is 4.87. The van der Waals surface area contributed by atoms with Crippen molar-refractivity contribution >= 4 is 0 Å². The van der Waals surface area contributed by atoms with Crippen LogP contribution in [-0.4, -0.2) is 24.9 Å².